The predicted molar refractivity (Wildman–Crippen MR) is 37.8 cm³/mol. The molecule has 1 aliphatic heterocycles. The first-order valence-corrected chi connectivity index (χ1v) is 3.85. The van der Waals surface area contributed by atoms with E-state index >= 15 is 0 Å². The van der Waals surface area contributed by atoms with Crippen LogP contribution in [0.1, 0.15) is 19.3 Å². The van der Waals surface area contributed by atoms with Crippen molar-refractivity contribution in [1.29, 1.82) is 0 Å². The van der Waals surface area contributed by atoms with Gasteiger partial charge in [-0.1, -0.05) is 0 Å². The molecule has 11 heavy (non-hydrogen) atoms. The fourth-order valence-electron chi connectivity index (χ4n) is 1.63. The van der Waals surface area contributed by atoms with Gasteiger partial charge >= 0.3 is 5.97 Å². The molecule has 0 spiro atoms. The zero-order valence-electron chi connectivity index (χ0n) is 6.12. The second-order valence-electron chi connectivity index (χ2n) is 3.07. The van der Waals surface area contributed by atoms with E-state index in [4.69, 9.17) is 4.74 Å². The van der Waals surface area contributed by atoms with Gasteiger partial charge in [0.15, 0.2) is 0 Å². The Labute approximate surface area is 64.7 Å². The summed E-state index contributed by atoms with van der Waals surface area (Å²) in [6, 6.07) is 0. The van der Waals surface area contributed by atoms with Crippen LogP contribution in [0.15, 0.2) is 11.6 Å². The van der Waals surface area contributed by atoms with Crippen molar-refractivity contribution in [1.82, 2.24) is 0 Å². The molecule has 0 radical (unpaired) electrons. The zero-order chi connectivity index (χ0) is 7.84. The molecule has 1 heterocycles. The maximum absolute atomic E-state index is 10.7. The number of hydrogen-bond acceptors (Lipinski definition) is 3. The normalized spacial score (nSPS) is 36.1. The first-order chi connectivity index (χ1) is 5.25. The second-order valence-corrected chi connectivity index (χ2v) is 3.07. The molecular formula is C8H10O3. The van der Waals surface area contributed by atoms with Gasteiger partial charge in [0.1, 0.15) is 6.10 Å². The summed E-state index contributed by atoms with van der Waals surface area (Å²) >= 11 is 0. The average Bonchev–Trinajstić information content (AvgIpc) is 2.27. The van der Waals surface area contributed by atoms with Crippen LogP contribution in [0.2, 0.25) is 0 Å². The summed E-state index contributed by atoms with van der Waals surface area (Å²) < 4.78 is 4.94. The molecule has 60 valence electrons. The summed E-state index contributed by atoms with van der Waals surface area (Å²) in [6.07, 6.45) is 3.29. The molecule has 0 amide bonds. The molecule has 0 bridgehead atoms. The van der Waals surface area contributed by atoms with Gasteiger partial charge in [0.2, 0.25) is 0 Å². The van der Waals surface area contributed by atoms with Crippen LogP contribution in [-0.2, 0) is 9.53 Å². The Hall–Kier alpha value is -0.830. The van der Waals surface area contributed by atoms with Crippen molar-refractivity contribution in [2.24, 2.45) is 0 Å². The van der Waals surface area contributed by atoms with Crippen molar-refractivity contribution in [2.75, 3.05) is 0 Å². The van der Waals surface area contributed by atoms with E-state index < -0.39 is 0 Å². The number of carbonyl (C=O) groups excluding carboxylic acids is 1. The molecule has 1 aliphatic carbocycles. The second kappa shape index (κ2) is 2.34. The highest BCUT2D eigenvalue weighted by Gasteiger charge is 2.31. The zero-order valence-corrected chi connectivity index (χ0v) is 6.12. The number of carbonyl (C=O) groups is 1. The highest BCUT2D eigenvalue weighted by Crippen LogP contribution is 2.30. The van der Waals surface area contributed by atoms with Crippen LogP contribution < -0.4 is 0 Å². The average molecular weight is 154 g/mol. The molecule has 0 aromatic carbocycles. The van der Waals surface area contributed by atoms with Crippen molar-refractivity contribution >= 4 is 5.97 Å². The summed E-state index contributed by atoms with van der Waals surface area (Å²) in [5.41, 5.74) is 1.06. The minimum absolute atomic E-state index is 0.119. The smallest absolute Gasteiger partial charge is 0.331 e. The van der Waals surface area contributed by atoms with Gasteiger partial charge in [0.25, 0.3) is 0 Å². The summed E-state index contributed by atoms with van der Waals surface area (Å²) in [4.78, 5) is 10.7. The molecule has 2 unspecified atom stereocenters. The number of rotatable bonds is 0. The third-order valence-electron chi connectivity index (χ3n) is 2.23. The van der Waals surface area contributed by atoms with E-state index in [1.54, 1.807) is 6.08 Å². The largest absolute Gasteiger partial charge is 0.455 e. The van der Waals surface area contributed by atoms with Crippen molar-refractivity contribution in [3.05, 3.63) is 11.6 Å². The van der Waals surface area contributed by atoms with E-state index in [1.165, 1.54) is 0 Å². The third-order valence-corrected chi connectivity index (χ3v) is 2.23. The molecular weight excluding hydrogens is 144 g/mol. The number of aliphatic hydroxyl groups is 1. The van der Waals surface area contributed by atoms with Crippen LogP contribution >= 0.6 is 0 Å². The van der Waals surface area contributed by atoms with Crippen molar-refractivity contribution in [3.8, 4) is 0 Å². The molecule has 1 fully saturated rings. The Morgan fingerprint density at radius 2 is 2.45 bits per heavy atom. The predicted octanol–water partition coefficient (Wildman–Crippen LogP) is 0.383. The van der Waals surface area contributed by atoms with E-state index in [2.05, 4.69) is 0 Å². The lowest BCUT2D eigenvalue weighted by atomic mass is 9.91. The van der Waals surface area contributed by atoms with Crippen molar-refractivity contribution < 1.29 is 14.6 Å². The van der Waals surface area contributed by atoms with E-state index in [0.717, 1.165) is 18.4 Å². The highest BCUT2D eigenvalue weighted by molar-refractivity contribution is 5.85. The van der Waals surface area contributed by atoms with Gasteiger partial charge < -0.3 is 9.84 Å². The van der Waals surface area contributed by atoms with Gasteiger partial charge in [-0.15, -0.1) is 0 Å². The van der Waals surface area contributed by atoms with Crippen molar-refractivity contribution in [3.63, 3.8) is 0 Å². The lowest BCUT2D eigenvalue weighted by Gasteiger charge is -2.23. The molecule has 2 rings (SSSR count). The Morgan fingerprint density at radius 3 is 3.27 bits per heavy atom. The molecule has 0 aromatic rings. The number of ether oxygens (including phenoxy) is 1. The Morgan fingerprint density at radius 1 is 1.64 bits per heavy atom. The van der Waals surface area contributed by atoms with Crippen LogP contribution in [-0.4, -0.2) is 23.3 Å². The maximum atomic E-state index is 10.7. The molecule has 1 saturated carbocycles. The summed E-state index contributed by atoms with van der Waals surface area (Å²) in [5, 5.41) is 9.22. The van der Waals surface area contributed by atoms with Crippen LogP contribution in [0, 0.1) is 0 Å². The SMILES string of the molecule is O=C1C=C2CCC(O)CC2O1. The lowest BCUT2D eigenvalue weighted by molar-refractivity contribution is -0.140. The van der Waals surface area contributed by atoms with Crippen molar-refractivity contribution in [2.45, 2.75) is 31.5 Å². The Kier molecular flexibility index (Phi) is 1.46. The first-order valence-electron chi connectivity index (χ1n) is 3.85. The van der Waals surface area contributed by atoms with Gasteiger partial charge in [-0.25, -0.2) is 4.79 Å². The summed E-state index contributed by atoms with van der Waals surface area (Å²) in [6.45, 7) is 0. The minimum atomic E-state index is -0.289. The number of aliphatic hydroxyl groups excluding tert-OH is 1. The number of fused-ring (bicyclic) bond motifs is 1. The standard InChI is InChI=1S/C8H10O3/c9-6-2-1-5-3-8(10)11-7(5)4-6/h3,6-7,9H,1-2,4H2. The summed E-state index contributed by atoms with van der Waals surface area (Å²) in [5.74, 6) is -0.251. The fraction of sp³-hybridized carbons (Fsp3) is 0.625. The number of hydrogen-bond donors (Lipinski definition) is 1. The number of esters is 1. The molecule has 3 nitrogen and oxygen atoms in total. The molecule has 3 heteroatoms. The maximum Gasteiger partial charge on any atom is 0.331 e. The molecule has 0 aromatic heterocycles. The molecule has 2 aliphatic rings. The van der Waals surface area contributed by atoms with Crippen LogP contribution in [0.5, 0.6) is 0 Å². The van der Waals surface area contributed by atoms with Gasteiger partial charge in [-0.05, 0) is 18.4 Å². The van der Waals surface area contributed by atoms with Gasteiger partial charge in [-0.3, -0.25) is 0 Å². The molecule has 0 saturated heterocycles. The van der Waals surface area contributed by atoms with Crippen LogP contribution in [0.25, 0.3) is 0 Å². The van der Waals surface area contributed by atoms with Gasteiger partial charge in [-0.2, -0.15) is 0 Å². The molecule has 1 N–H and O–H groups in total. The Bertz CT molecular complexity index is 219. The fourth-order valence-corrected chi connectivity index (χ4v) is 1.63. The lowest BCUT2D eigenvalue weighted by Crippen LogP contribution is -2.25. The Balaban J connectivity index is 2.13. The third kappa shape index (κ3) is 1.16. The van der Waals surface area contributed by atoms with E-state index in [0.29, 0.717) is 6.42 Å². The topological polar surface area (TPSA) is 46.5 Å². The molecule has 2 atom stereocenters. The van der Waals surface area contributed by atoms with E-state index in [1.807, 2.05) is 0 Å². The van der Waals surface area contributed by atoms with Gasteiger partial charge in [0, 0.05) is 12.5 Å². The van der Waals surface area contributed by atoms with Gasteiger partial charge in [0.05, 0.1) is 6.10 Å². The summed E-state index contributed by atoms with van der Waals surface area (Å²) in [7, 11) is 0. The van der Waals surface area contributed by atoms with Crippen LogP contribution in [0.4, 0.5) is 0 Å². The quantitative estimate of drug-likeness (QED) is 0.513. The van der Waals surface area contributed by atoms with E-state index in [-0.39, 0.29) is 18.2 Å². The first kappa shape index (κ1) is 6.85. The minimum Gasteiger partial charge on any atom is -0.455 e. The highest BCUT2D eigenvalue weighted by atomic mass is 16.5. The van der Waals surface area contributed by atoms with E-state index in [9.17, 15) is 9.90 Å². The monoisotopic (exact) mass is 154 g/mol. The van der Waals surface area contributed by atoms with Crippen LogP contribution in [0.3, 0.4) is 0 Å².